The lowest BCUT2D eigenvalue weighted by Gasteiger charge is -2.18. The van der Waals surface area contributed by atoms with E-state index in [-0.39, 0.29) is 24.6 Å². The van der Waals surface area contributed by atoms with Crippen LogP contribution in [0.2, 0.25) is 0 Å². The van der Waals surface area contributed by atoms with E-state index in [1.807, 2.05) is 0 Å². The third-order valence-electron chi connectivity index (χ3n) is 2.88. The van der Waals surface area contributed by atoms with Crippen molar-refractivity contribution in [2.75, 3.05) is 18.4 Å². The normalized spacial score (nSPS) is 10.9. The van der Waals surface area contributed by atoms with E-state index >= 15 is 0 Å². The Morgan fingerprint density at radius 2 is 2.05 bits per heavy atom. The number of halogens is 3. The van der Waals surface area contributed by atoms with Crippen LogP contribution in [0.4, 0.5) is 18.9 Å². The summed E-state index contributed by atoms with van der Waals surface area (Å²) in [4.78, 5) is 24.4. The van der Waals surface area contributed by atoms with Crippen LogP contribution in [-0.4, -0.2) is 29.8 Å². The van der Waals surface area contributed by atoms with Crippen LogP contribution in [0, 0.1) is 0 Å². The van der Waals surface area contributed by atoms with Crippen molar-refractivity contribution in [1.82, 2.24) is 4.90 Å². The van der Waals surface area contributed by atoms with E-state index in [1.165, 1.54) is 30.0 Å². The average Bonchev–Trinajstić information content (AvgIpc) is 2.42. The Morgan fingerprint density at radius 1 is 1.36 bits per heavy atom. The van der Waals surface area contributed by atoms with Crippen LogP contribution in [0.15, 0.2) is 36.9 Å². The summed E-state index contributed by atoms with van der Waals surface area (Å²) >= 11 is 0. The third-order valence-corrected chi connectivity index (χ3v) is 2.88. The van der Waals surface area contributed by atoms with Crippen molar-refractivity contribution in [1.29, 1.82) is 0 Å². The highest BCUT2D eigenvalue weighted by Gasteiger charge is 2.30. The third kappa shape index (κ3) is 5.59. The Kier molecular flexibility index (Phi) is 6.15. The van der Waals surface area contributed by atoms with Gasteiger partial charge >= 0.3 is 6.18 Å². The predicted octanol–water partition coefficient (Wildman–Crippen LogP) is 3.07. The van der Waals surface area contributed by atoms with Gasteiger partial charge in [-0.1, -0.05) is 12.1 Å². The van der Waals surface area contributed by atoms with Gasteiger partial charge in [0.25, 0.3) is 0 Å². The second-order valence-electron chi connectivity index (χ2n) is 4.63. The Morgan fingerprint density at radius 3 is 2.59 bits per heavy atom. The summed E-state index contributed by atoms with van der Waals surface area (Å²) in [5.74, 6) is -0.665. The zero-order valence-corrected chi connectivity index (χ0v) is 12.1. The minimum atomic E-state index is -4.46. The minimum Gasteiger partial charge on any atom is -0.339 e. The van der Waals surface area contributed by atoms with Gasteiger partial charge in [-0.15, -0.1) is 6.58 Å². The molecule has 120 valence electrons. The fraction of sp³-hybridized carbons (Fsp3) is 0.333. The minimum absolute atomic E-state index is 0.0103. The molecule has 1 rings (SSSR count). The molecule has 1 aromatic carbocycles. The molecule has 0 spiro atoms. The monoisotopic (exact) mass is 314 g/mol. The van der Waals surface area contributed by atoms with Gasteiger partial charge in [-0.3, -0.25) is 9.59 Å². The van der Waals surface area contributed by atoms with E-state index < -0.39 is 17.6 Å². The first-order valence-corrected chi connectivity index (χ1v) is 6.57. The topological polar surface area (TPSA) is 49.4 Å². The second-order valence-corrected chi connectivity index (χ2v) is 4.63. The second kappa shape index (κ2) is 7.63. The number of alkyl halides is 3. The first kappa shape index (κ1) is 17.7. The molecule has 0 fully saturated rings. The van der Waals surface area contributed by atoms with Crippen LogP contribution in [0.3, 0.4) is 0 Å². The molecule has 0 heterocycles. The lowest BCUT2D eigenvalue weighted by atomic mass is 10.2. The van der Waals surface area contributed by atoms with E-state index in [9.17, 15) is 22.8 Å². The van der Waals surface area contributed by atoms with Gasteiger partial charge in [0.2, 0.25) is 11.8 Å². The van der Waals surface area contributed by atoms with Crippen molar-refractivity contribution in [2.24, 2.45) is 0 Å². The van der Waals surface area contributed by atoms with Crippen molar-refractivity contribution in [3.63, 3.8) is 0 Å². The van der Waals surface area contributed by atoms with Crippen LogP contribution >= 0.6 is 0 Å². The smallest absolute Gasteiger partial charge is 0.339 e. The standard InChI is InChI=1S/C15H17F3N2O2/c1-3-8-20(11(2)21)9-7-14(22)19-13-6-4-5-12(10-13)15(16,17)18/h3-6,10H,1,7-9H2,2H3,(H,19,22). The zero-order chi connectivity index (χ0) is 16.8. The number of carbonyl (C=O) groups is 2. The fourth-order valence-corrected chi connectivity index (χ4v) is 1.77. The SMILES string of the molecule is C=CCN(CCC(=O)Nc1cccc(C(F)(F)F)c1)C(C)=O. The molecule has 0 atom stereocenters. The lowest BCUT2D eigenvalue weighted by molar-refractivity contribution is -0.137. The van der Waals surface area contributed by atoms with Crippen LogP contribution in [0.1, 0.15) is 18.9 Å². The quantitative estimate of drug-likeness (QED) is 0.820. The highest BCUT2D eigenvalue weighted by Crippen LogP contribution is 2.30. The summed E-state index contributed by atoms with van der Waals surface area (Å²) in [6.07, 6.45) is -2.94. The van der Waals surface area contributed by atoms with Gasteiger partial charge in [0.1, 0.15) is 0 Å². The van der Waals surface area contributed by atoms with Crippen LogP contribution in [0.5, 0.6) is 0 Å². The van der Waals surface area contributed by atoms with Gasteiger partial charge in [-0.2, -0.15) is 13.2 Å². The van der Waals surface area contributed by atoms with E-state index in [0.717, 1.165) is 12.1 Å². The maximum atomic E-state index is 12.6. The van der Waals surface area contributed by atoms with E-state index in [4.69, 9.17) is 0 Å². The molecule has 1 aromatic rings. The van der Waals surface area contributed by atoms with E-state index in [0.29, 0.717) is 6.54 Å². The van der Waals surface area contributed by atoms with Gasteiger partial charge in [-0.25, -0.2) is 0 Å². The number of nitrogens with one attached hydrogen (secondary N) is 1. The van der Waals surface area contributed by atoms with Crippen molar-refractivity contribution >= 4 is 17.5 Å². The van der Waals surface area contributed by atoms with Crippen LogP contribution in [0.25, 0.3) is 0 Å². The number of amides is 2. The number of benzene rings is 1. The number of carbonyl (C=O) groups excluding carboxylic acids is 2. The summed E-state index contributed by atoms with van der Waals surface area (Å²) in [6, 6.07) is 4.39. The number of nitrogens with zero attached hydrogens (tertiary/aromatic N) is 1. The Bertz CT molecular complexity index is 556. The van der Waals surface area contributed by atoms with Crippen molar-refractivity contribution < 1.29 is 22.8 Å². The fourth-order valence-electron chi connectivity index (χ4n) is 1.77. The molecule has 0 aliphatic heterocycles. The van der Waals surface area contributed by atoms with E-state index in [2.05, 4.69) is 11.9 Å². The molecule has 0 bridgehead atoms. The van der Waals surface area contributed by atoms with Crippen LogP contribution < -0.4 is 5.32 Å². The van der Waals surface area contributed by atoms with Crippen molar-refractivity contribution in [3.05, 3.63) is 42.5 Å². The first-order chi connectivity index (χ1) is 10.2. The highest BCUT2D eigenvalue weighted by molar-refractivity contribution is 5.91. The molecule has 7 heteroatoms. The van der Waals surface area contributed by atoms with Gasteiger partial charge in [0.15, 0.2) is 0 Å². The molecule has 1 N–H and O–H groups in total. The molecule has 4 nitrogen and oxygen atoms in total. The van der Waals surface area contributed by atoms with Crippen LogP contribution in [-0.2, 0) is 15.8 Å². The number of rotatable bonds is 6. The van der Waals surface area contributed by atoms with Gasteiger partial charge < -0.3 is 10.2 Å². The van der Waals surface area contributed by atoms with Gasteiger partial charge in [-0.05, 0) is 18.2 Å². The molecule has 2 amide bonds. The first-order valence-electron chi connectivity index (χ1n) is 6.57. The summed E-state index contributed by atoms with van der Waals surface area (Å²) in [5.41, 5.74) is -0.764. The van der Waals surface area contributed by atoms with Gasteiger partial charge in [0.05, 0.1) is 5.56 Å². The summed E-state index contributed by atoms with van der Waals surface area (Å²) in [6.45, 7) is 5.36. The molecule has 0 saturated carbocycles. The summed E-state index contributed by atoms with van der Waals surface area (Å²) < 4.78 is 37.7. The maximum absolute atomic E-state index is 12.6. The Labute approximate surface area is 126 Å². The molecule has 22 heavy (non-hydrogen) atoms. The number of hydrogen-bond donors (Lipinski definition) is 1. The molecular formula is C15H17F3N2O2. The Balaban J connectivity index is 2.62. The summed E-state index contributed by atoms with van der Waals surface area (Å²) in [5, 5.41) is 2.39. The lowest BCUT2D eigenvalue weighted by Crippen LogP contribution is -2.32. The average molecular weight is 314 g/mol. The largest absolute Gasteiger partial charge is 0.416 e. The van der Waals surface area contributed by atoms with E-state index in [1.54, 1.807) is 0 Å². The predicted molar refractivity (Wildman–Crippen MR) is 77.1 cm³/mol. The molecule has 0 unspecified atom stereocenters. The number of anilines is 1. The highest BCUT2D eigenvalue weighted by atomic mass is 19.4. The molecule has 0 aromatic heterocycles. The van der Waals surface area contributed by atoms with Crippen molar-refractivity contribution in [2.45, 2.75) is 19.5 Å². The molecule has 0 aliphatic rings. The molecular weight excluding hydrogens is 297 g/mol. The van der Waals surface area contributed by atoms with Crippen molar-refractivity contribution in [3.8, 4) is 0 Å². The number of hydrogen-bond acceptors (Lipinski definition) is 2. The molecule has 0 radical (unpaired) electrons. The molecule has 0 aliphatic carbocycles. The van der Waals surface area contributed by atoms with Gasteiger partial charge in [0, 0.05) is 32.1 Å². The zero-order valence-electron chi connectivity index (χ0n) is 12.1. The molecule has 0 saturated heterocycles. The maximum Gasteiger partial charge on any atom is 0.416 e. The Hall–Kier alpha value is -2.31. The summed E-state index contributed by atoms with van der Waals surface area (Å²) in [7, 11) is 0.